The average molecular weight is 207 g/mol. The van der Waals surface area contributed by atoms with Crippen LogP contribution in [0, 0.1) is 0 Å². The second-order valence-corrected chi connectivity index (χ2v) is 4.20. The van der Waals surface area contributed by atoms with Crippen molar-refractivity contribution in [3.05, 3.63) is 35.9 Å². The smallest absolute Gasteiger partial charge is 0.102 e. The molecule has 0 spiro atoms. The van der Waals surface area contributed by atoms with E-state index in [1.54, 1.807) is 0 Å². The first-order valence-electron chi connectivity index (χ1n) is 5.37. The molecule has 1 aliphatic heterocycles. The predicted molar refractivity (Wildman–Crippen MR) is 58.4 cm³/mol. The van der Waals surface area contributed by atoms with Crippen LogP contribution < -0.4 is 5.32 Å². The van der Waals surface area contributed by atoms with Crippen molar-refractivity contribution in [3.8, 4) is 0 Å². The Hall–Kier alpha value is -0.900. The van der Waals surface area contributed by atoms with Crippen LogP contribution in [0.5, 0.6) is 0 Å². The lowest BCUT2D eigenvalue weighted by Gasteiger charge is -2.36. The van der Waals surface area contributed by atoms with E-state index >= 15 is 0 Å². The molecular formula is C12H17NO2. The molecule has 0 amide bonds. The summed E-state index contributed by atoms with van der Waals surface area (Å²) in [4.78, 5) is 0. The van der Waals surface area contributed by atoms with Crippen molar-refractivity contribution in [1.29, 1.82) is 0 Å². The van der Waals surface area contributed by atoms with Crippen molar-refractivity contribution in [3.63, 3.8) is 0 Å². The molecule has 2 rings (SSSR count). The van der Waals surface area contributed by atoms with Gasteiger partial charge >= 0.3 is 0 Å². The summed E-state index contributed by atoms with van der Waals surface area (Å²) in [6.07, 6.45) is 1.51. The molecule has 0 unspecified atom stereocenters. The van der Waals surface area contributed by atoms with Gasteiger partial charge in [-0.3, -0.25) is 0 Å². The molecule has 2 atom stereocenters. The molecule has 1 aliphatic rings. The number of β-amino-alcohol motifs (C(OH)–C–C–N with tert-alkyl or cyclic N) is 1. The molecule has 3 N–H and O–H groups in total. The molecule has 1 fully saturated rings. The van der Waals surface area contributed by atoms with Gasteiger partial charge in [-0.1, -0.05) is 30.3 Å². The minimum Gasteiger partial charge on any atom is -0.395 e. The van der Waals surface area contributed by atoms with E-state index in [1.807, 2.05) is 30.3 Å². The predicted octanol–water partition coefficient (Wildman–Crippen LogP) is 0.618. The number of piperidine rings is 1. The lowest BCUT2D eigenvalue weighted by atomic mass is 9.84. The van der Waals surface area contributed by atoms with E-state index in [-0.39, 0.29) is 12.6 Å². The average Bonchev–Trinajstić information content (AvgIpc) is 2.31. The minimum atomic E-state index is -0.771. The van der Waals surface area contributed by atoms with Crippen molar-refractivity contribution in [1.82, 2.24) is 5.32 Å². The summed E-state index contributed by atoms with van der Waals surface area (Å²) >= 11 is 0. The van der Waals surface area contributed by atoms with Crippen LogP contribution in [0.3, 0.4) is 0 Å². The molecule has 1 saturated heterocycles. The van der Waals surface area contributed by atoms with E-state index in [1.165, 1.54) is 0 Å². The third kappa shape index (κ3) is 2.20. The SMILES string of the molecule is OC[C@@H]1CC[C@](O)(c2ccccc2)CN1. The van der Waals surface area contributed by atoms with Crippen LogP contribution in [-0.2, 0) is 5.60 Å². The highest BCUT2D eigenvalue weighted by atomic mass is 16.3. The van der Waals surface area contributed by atoms with E-state index in [0.29, 0.717) is 13.0 Å². The van der Waals surface area contributed by atoms with E-state index in [0.717, 1.165) is 12.0 Å². The van der Waals surface area contributed by atoms with Gasteiger partial charge in [0, 0.05) is 12.6 Å². The zero-order valence-electron chi connectivity index (χ0n) is 8.69. The van der Waals surface area contributed by atoms with Crippen LogP contribution in [0.4, 0.5) is 0 Å². The summed E-state index contributed by atoms with van der Waals surface area (Å²) in [6, 6.07) is 9.84. The number of benzene rings is 1. The van der Waals surface area contributed by atoms with Crippen molar-refractivity contribution in [2.75, 3.05) is 13.2 Å². The summed E-state index contributed by atoms with van der Waals surface area (Å²) in [5, 5.41) is 22.6. The van der Waals surface area contributed by atoms with Gasteiger partial charge in [-0.2, -0.15) is 0 Å². The van der Waals surface area contributed by atoms with Crippen molar-refractivity contribution < 1.29 is 10.2 Å². The quantitative estimate of drug-likeness (QED) is 0.666. The van der Waals surface area contributed by atoms with E-state index < -0.39 is 5.60 Å². The molecule has 15 heavy (non-hydrogen) atoms. The second-order valence-electron chi connectivity index (χ2n) is 4.20. The van der Waals surface area contributed by atoms with Crippen LogP contribution in [0.2, 0.25) is 0 Å². The molecule has 1 aromatic carbocycles. The van der Waals surface area contributed by atoms with Crippen LogP contribution in [-0.4, -0.2) is 29.4 Å². The molecule has 3 heteroatoms. The standard InChI is InChI=1S/C12H17NO2/c14-8-11-6-7-12(15,9-13-11)10-4-2-1-3-5-10/h1-5,11,13-15H,6-9H2/t11-,12+/m0/s1. The van der Waals surface area contributed by atoms with Crippen LogP contribution in [0.15, 0.2) is 30.3 Å². The Balaban J connectivity index is 2.10. The maximum Gasteiger partial charge on any atom is 0.102 e. The fraction of sp³-hybridized carbons (Fsp3) is 0.500. The van der Waals surface area contributed by atoms with Gasteiger partial charge in [0.05, 0.1) is 6.61 Å². The fourth-order valence-corrected chi connectivity index (χ4v) is 2.07. The number of rotatable bonds is 2. The van der Waals surface area contributed by atoms with Gasteiger partial charge in [-0.05, 0) is 18.4 Å². The Morgan fingerprint density at radius 3 is 2.60 bits per heavy atom. The van der Waals surface area contributed by atoms with Gasteiger partial charge in [0.25, 0.3) is 0 Å². The summed E-state index contributed by atoms with van der Waals surface area (Å²) in [7, 11) is 0. The Morgan fingerprint density at radius 2 is 2.07 bits per heavy atom. The zero-order valence-corrected chi connectivity index (χ0v) is 8.69. The van der Waals surface area contributed by atoms with Gasteiger partial charge in [-0.25, -0.2) is 0 Å². The first kappa shape index (κ1) is 10.6. The molecule has 3 nitrogen and oxygen atoms in total. The Labute approximate surface area is 89.8 Å². The number of aliphatic hydroxyl groups excluding tert-OH is 1. The largest absolute Gasteiger partial charge is 0.395 e. The van der Waals surface area contributed by atoms with Crippen LogP contribution in [0.1, 0.15) is 18.4 Å². The lowest BCUT2D eigenvalue weighted by molar-refractivity contribution is -0.00385. The monoisotopic (exact) mass is 207 g/mol. The molecule has 1 heterocycles. The summed E-state index contributed by atoms with van der Waals surface area (Å²) < 4.78 is 0. The number of hydrogen-bond acceptors (Lipinski definition) is 3. The molecule has 0 radical (unpaired) electrons. The van der Waals surface area contributed by atoms with E-state index in [9.17, 15) is 5.11 Å². The van der Waals surface area contributed by atoms with E-state index in [4.69, 9.17) is 5.11 Å². The van der Waals surface area contributed by atoms with Crippen molar-refractivity contribution in [2.45, 2.75) is 24.5 Å². The number of aliphatic hydroxyl groups is 2. The maximum atomic E-state index is 10.4. The summed E-state index contributed by atoms with van der Waals surface area (Å²) in [5.41, 5.74) is 0.182. The highest BCUT2D eigenvalue weighted by Gasteiger charge is 2.33. The zero-order chi connectivity index (χ0) is 10.7. The van der Waals surface area contributed by atoms with E-state index in [2.05, 4.69) is 5.32 Å². The molecule has 1 aromatic rings. The number of hydrogen-bond donors (Lipinski definition) is 3. The fourth-order valence-electron chi connectivity index (χ4n) is 2.07. The maximum absolute atomic E-state index is 10.4. The molecular weight excluding hydrogens is 190 g/mol. The third-order valence-electron chi connectivity index (χ3n) is 3.12. The lowest BCUT2D eigenvalue weighted by Crippen LogP contribution is -2.49. The third-order valence-corrected chi connectivity index (χ3v) is 3.12. The second kappa shape index (κ2) is 4.31. The summed E-state index contributed by atoms with van der Waals surface area (Å²) in [5.74, 6) is 0. The topological polar surface area (TPSA) is 52.5 Å². The normalized spacial score (nSPS) is 31.5. The molecule has 82 valence electrons. The highest BCUT2D eigenvalue weighted by Crippen LogP contribution is 2.29. The first-order chi connectivity index (χ1) is 7.24. The first-order valence-corrected chi connectivity index (χ1v) is 5.37. The minimum absolute atomic E-state index is 0.133. The van der Waals surface area contributed by atoms with Gasteiger partial charge in [0.2, 0.25) is 0 Å². The van der Waals surface area contributed by atoms with Gasteiger partial charge in [0.15, 0.2) is 0 Å². The molecule has 0 aromatic heterocycles. The highest BCUT2D eigenvalue weighted by molar-refractivity contribution is 5.23. The van der Waals surface area contributed by atoms with Crippen molar-refractivity contribution >= 4 is 0 Å². The molecule has 0 aliphatic carbocycles. The van der Waals surface area contributed by atoms with Crippen LogP contribution in [0.25, 0.3) is 0 Å². The Morgan fingerprint density at radius 1 is 1.33 bits per heavy atom. The van der Waals surface area contributed by atoms with Gasteiger partial charge in [0.1, 0.15) is 5.60 Å². The molecule has 0 bridgehead atoms. The van der Waals surface area contributed by atoms with Gasteiger partial charge < -0.3 is 15.5 Å². The molecule has 0 saturated carbocycles. The van der Waals surface area contributed by atoms with Crippen LogP contribution >= 0.6 is 0 Å². The Kier molecular flexibility index (Phi) is 3.05. The van der Waals surface area contributed by atoms with Gasteiger partial charge in [-0.15, -0.1) is 0 Å². The summed E-state index contributed by atoms with van der Waals surface area (Å²) in [6.45, 7) is 0.660. The van der Waals surface area contributed by atoms with Crippen molar-refractivity contribution in [2.24, 2.45) is 0 Å². The number of nitrogens with one attached hydrogen (secondary N) is 1. The Bertz CT molecular complexity index is 305.